The fraction of sp³-hybridized carbons (Fsp3) is 0.333. The zero-order chi connectivity index (χ0) is 35.0. The van der Waals surface area contributed by atoms with Crippen molar-refractivity contribution in [2.24, 2.45) is 5.11 Å². The number of benzene rings is 3. The maximum absolute atomic E-state index is 12.7. The van der Waals surface area contributed by atoms with Crippen LogP contribution in [0.2, 0.25) is 0 Å². The molecule has 51 heavy (non-hydrogen) atoms. The van der Waals surface area contributed by atoms with Crippen LogP contribution in [0.5, 0.6) is 5.75 Å². The van der Waals surface area contributed by atoms with Crippen LogP contribution in [-0.4, -0.2) is 74.8 Å². The first-order valence-corrected chi connectivity index (χ1v) is 16.8. The van der Waals surface area contributed by atoms with E-state index >= 15 is 0 Å². The van der Waals surface area contributed by atoms with Crippen LogP contribution in [0.15, 0.2) is 101 Å². The highest BCUT2D eigenvalue weighted by Gasteiger charge is 2.44. The summed E-state index contributed by atoms with van der Waals surface area (Å²) in [5.74, 6) is 2.21. The number of hydrogen-bond donors (Lipinski definition) is 0. The van der Waals surface area contributed by atoms with E-state index in [1.807, 2.05) is 36.4 Å². The smallest absolute Gasteiger partial charge is 0.350 e. The van der Waals surface area contributed by atoms with Crippen molar-refractivity contribution >= 4 is 17.1 Å². The summed E-state index contributed by atoms with van der Waals surface area (Å²) in [4.78, 5) is 21.8. The van der Waals surface area contributed by atoms with Crippen molar-refractivity contribution in [3.05, 3.63) is 118 Å². The molecule has 0 amide bonds. The summed E-state index contributed by atoms with van der Waals surface area (Å²) in [5, 5.41) is 16.3. The van der Waals surface area contributed by atoms with Gasteiger partial charge in [0.25, 0.3) is 0 Å². The Morgan fingerprint density at radius 1 is 0.922 bits per heavy atom. The van der Waals surface area contributed by atoms with Crippen molar-refractivity contribution < 1.29 is 14.2 Å². The van der Waals surface area contributed by atoms with E-state index in [-0.39, 0.29) is 18.3 Å². The number of aromatic nitrogens is 6. The van der Waals surface area contributed by atoms with E-state index in [4.69, 9.17) is 26.2 Å². The minimum absolute atomic E-state index is 0.168. The van der Waals surface area contributed by atoms with Crippen LogP contribution in [0.1, 0.15) is 18.4 Å². The molecule has 2 atom stereocenters. The van der Waals surface area contributed by atoms with Gasteiger partial charge in [-0.25, -0.2) is 14.0 Å². The molecule has 0 unspecified atom stereocenters. The second-order valence-electron chi connectivity index (χ2n) is 12.2. The van der Waals surface area contributed by atoms with Crippen molar-refractivity contribution in [2.75, 3.05) is 49.2 Å². The SMILES string of the molecule is C#CCCCn1ncn(-c2ccc(N3CCN(c4ccc(OC[C@@H]5CO[C@@](Cn6nccn6)(c6ccc(N=[N+]=[N-])cc6)O5)cc4)CC3)cc2)c1=O. The molecular formula is C36H37N11O4. The molecule has 2 aromatic heterocycles. The van der Waals surface area contributed by atoms with Gasteiger partial charge < -0.3 is 24.0 Å². The van der Waals surface area contributed by atoms with Crippen LogP contribution in [0.25, 0.3) is 16.1 Å². The van der Waals surface area contributed by atoms with Crippen molar-refractivity contribution in [1.29, 1.82) is 0 Å². The third-order valence-electron chi connectivity index (χ3n) is 8.98. The molecular weight excluding hydrogens is 650 g/mol. The van der Waals surface area contributed by atoms with E-state index in [0.29, 0.717) is 31.9 Å². The molecule has 260 valence electrons. The number of unbranched alkanes of at least 4 members (excludes halogenated alkanes) is 1. The fourth-order valence-corrected chi connectivity index (χ4v) is 6.31. The first-order valence-electron chi connectivity index (χ1n) is 16.8. The number of rotatable bonds is 13. The van der Waals surface area contributed by atoms with E-state index in [0.717, 1.165) is 61.0 Å². The molecule has 4 heterocycles. The molecule has 2 aliphatic heterocycles. The van der Waals surface area contributed by atoms with Gasteiger partial charge in [-0.1, -0.05) is 29.4 Å². The molecule has 15 heteroatoms. The molecule has 15 nitrogen and oxygen atoms in total. The van der Waals surface area contributed by atoms with Gasteiger partial charge in [0.05, 0.1) is 24.7 Å². The number of nitrogens with zero attached hydrogens (tertiary/aromatic N) is 11. The molecule has 2 aliphatic rings. The lowest BCUT2D eigenvalue weighted by Crippen LogP contribution is -2.46. The summed E-state index contributed by atoms with van der Waals surface area (Å²) in [6, 6.07) is 23.2. The van der Waals surface area contributed by atoms with Crippen LogP contribution in [-0.2, 0) is 28.4 Å². The summed E-state index contributed by atoms with van der Waals surface area (Å²) in [7, 11) is 0. The molecule has 0 N–H and O–H groups in total. The van der Waals surface area contributed by atoms with Crippen LogP contribution >= 0.6 is 0 Å². The molecule has 0 aliphatic carbocycles. The summed E-state index contributed by atoms with van der Waals surface area (Å²) in [6.07, 6.45) is 11.1. The Hall–Kier alpha value is -6.07. The van der Waals surface area contributed by atoms with Crippen LogP contribution in [0, 0.1) is 12.3 Å². The largest absolute Gasteiger partial charge is 0.491 e. The van der Waals surface area contributed by atoms with Crippen LogP contribution < -0.4 is 20.2 Å². The topological polar surface area (TPSA) is 153 Å². The lowest BCUT2D eigenvalue weighted by molar-refractivity contribution is -0.192. The Labute approximate surface area is 294 Å². The molecule has 0 bridgehead atoms. The normalized spacial score (nSPS) is 18.7. The average Bonchev–Trinajstić information content (AvgIpc) is 3.93. The van der Waals surface area contributed by atoms with Crippen LogP contribution in [0.3, 0.4) is 0 Å². The van der Waals surface area contributed by atoms with E-state index in [1.54, 1.807) is 35.4 Å². The van der Waals surface area contributed by atoms with Crippen molar-refractivity contribution in [1.82, 2.24) is 29.3 Å². The minimum Gasteiger partial charge on any atom is -0.491 e. The molecule has 0 saturated carbocycles. The molecule has 5 aromatic rings. The maximum Gasteiger partial charge on any atom is 0.350 e. The first kappa shape index (κ1) is 33.4. The lowest BCUT2D eigenvalue weighted by Gasteiger charge is -2.37. The number of hydrogen-bond acceptors (Lipinski definition) is 10. The van der Waals surface area contributed by atoms with Crippen molar-refractivity contribution in [2.45, 2.75) is 37.8 Å². The van der Waals surface area contributed by atoms with Gasteiger partial charge in [0.2, 0.25) is 5.79 Å². The number of terminal acetylenes is 1. The van der Waals surface area contributed by atoms with E-state index in [1.165, 1.54) is 9.48 Å². The Balaban J connectivity index is 0.910. The Morgan fingerprint density at radius 3 is 2.22 bits per heavy atom. The first-order chi connectivity index (χ1) is 25.0. The predicted octanol–water partition coefficient (Wildman–Crippen LogP) is 4.65. The predicted molar refractivity (Wildman–Crippen MR) is 190 cm³/mol. The third kappa shape index (κ3) is 7.58. The van der Waals surface area contributed by atoms with Crippen molar-refractivity contribution in [3.8, 4) is 23.8 Å². The van der Waals surface area contributed by atoms with Gasteiger partial charge in [0.1, 0.15) is 31.3 Å². The van der Waals surface area contributed by atoms with Gasteiger partial charge in [-0.15, -0.1) is 12.3 Å². The third-order valence-corrected chi connectivity index (χ3v) is 8.98. The minimum atomic E-state index is -1.12. The van der Waals surface area contributed by atoms with Crippen molar-refractivity contribution in [3.63, 3.8) is 0 Å². The summed E-state index contributed by atoms with van der Waals surface area (Å²) in [5.41, 5.74) is 12.9. The number of azide groups is 1. The second-order valence-corrected chi connectivity index (χ2v) is 12.2. The maximum atomic E-state index is 12.7. The lowest BCUT2D eigenvalue weighted by atomic mass is 10.1. The average molecular weight is 688 g/mol. The van der Waals surface area contributed by atoms with E-state index < -0.39 is 5.79 Å². The summed E-state index contributed by atoms with van der Waals surface area (Å²) < 4.78 is 21.9. The standard InChI is InChI=1S/C36H37N11O4/c1-2-3-4-19-46-35(48)45(27-40-46)32-11-9-30(10-12-32)43-20-22-44(23-21-43)31-13-15-33(16-14-31)49-24-34-25-50-36(51-34,26-47-38-17-18-39-47)28-5-7-29(8-6-28)41-42-37/h1,5-18,27,34H,3-4,19-26H2/t34-,36-/m1/s1. The summed E-state index contributed by atoms with van der Waals surface area (Å²) >= 11 is 0. The van der Waals surface area contributed by atoms with Gasteiger partial charge in [0, 0.05) is 66.7 Å². The highest BCUT2D eigenvalue weighted by atomic mass is 16.8. The number of aryl methyl sites for hydroxylation is 1. The number of piperazine rings is 1. The van der Waals surface area contributed by atoms with Crippen LogP contribution in [0.4, 0.5) is 17.1 Å². The molecule has 3 aromatic carbocycles. The van der Waals surface area contributed by atoms with Gasteiger partial charge in [0.15, 0.2) is 0 Å². The molecule has 2 fully saturated rings. The zero-order valence-corrected chi connectivity index (χ0v) is 27.9. The Bertz CT molecular complexity index is 2040. The van der Waals surface area contributed by atoms with Gasteiger partial charge in [-0.05, 0) is 60.5 Å². The zero-order valence-electron chi connectivity index (χ0n) is 27.9. The summed E-state index contributed by atoms with van der Waals surface area (Å²) in [6.45, 7) is 4.85. The second kappa shape index (κ2) is 15.2. The highest BCUT2D eigenvalue weighted by Crippen LogP contribution is 2.37. The monoisotopic (exact) mass is 687 g/mol. The van der Waals surface area contributed by atoms with Gasteiger partial charge in [-0.3, -0.25) is 0 Å². The van der Waals surface area contributed by atoms with Gasteiger partial charge in [-0.2, -0.15) is 20.1 Å². The molecule has 0 radical (unpaired) electrons. The highest BCUT2D eigenvalue weighted by molar-refractivity contribution is 5.54. The molecule has 2 saturated heterocycles. The van der Waals surface area contributed by atoms with Gasteiger partial charge >= 0.3 is 5.69 Å². The van der Waals surface area contributed by atoms with E-state index in [9.17, 15) is 4.79 Å². The molecule has 0 spiro atoms. The van der Waals surface area contributed by atoms with E-state index in [2.05, 4.69) is 65.3 Å². The fourth-order valence-electron chi connectivity index (χ4n) is 6.31. The number of ether oxygens (including phenoxy) is 3. The Morgan fingerprint density at radius 2 is 1.57 bits per heavy atom. The quantitative estimate of drug-likeness (QED) is 0.0566. The number of anilines is 2. The molecule has 7 rings (SSSR count). The Kier molecular flexibility index (Phi) is 9.98.